The Bertz CT molecular complexity index is 1120. The Labute approximate surface area is 166 Å². The molecule has 0 atom stereocenters. The summed E-state index contributed by atoms with van der Waals surface area (Å²) in [6, 6.07) is 4.68. The summed E-state index contributed by atoms with van der Waals surface area (Å²) < 4.78 is 41.9. The van der Waals surface area contributed by atoms with Crippen molar-refractivity contribution in [3.63, 3.8) is 0 Å². The van der Waals surface area contributed by atoms with Gasteiger partial charge in [-0.25, -0.2) is 4.98 Å². The topological polar surface area (TPSA) is 58.8 Å². The van der Waals surface area contributed by atoms with Crippen LogP contribution in [-0.4, -0.2) is 28.1 Å². The molecule has 5 nitrogen and oxygen atoms in total. The van der Waals surface area contributed by atoms with E-state index >= 15 is 0 Å². The average Bonchev–Trinajstić information content (AvgIpc) is 3.40. The van der Waals surface area contributed by atoms with E-state index in [9.17, 15) is 18.0 Å². The summed E-state index contributed by atoms with van der Waals surface area (Å²) in [5, 5.41) is 4.31. The minimum Gasteiger partial charge on any atom is -0.346 e. The molecule has 28 heavy (non-hydrogen) atoms. The van der Waals surface area contributed by atoms with Crippen molar-refractivity contribution in [1.82, 2.24) is 14.7 Å². The second-order valence-electron chi connectivity index (χ2n) is 6.03. The summed E-state index contributed by atoms with van der Waals surface area (Å²) in [7, 11) is 0. The number of rotatable bonds is 4. The van der Waals surface area contributed by atoms with E-state index < -0.39 is 23.3 Å². The van der Waals surface area contributed by atoms with Crippen molar-refractivity contribution in [2.45, 2.75) is 12.7 Å². The van der Waals surface area contributed by atoms with Crippen molar-refractivity contribution in [3.05, 3.63) is 62.7 Å². The van der Waals surface area contributed by atoms with Gasteiger partial charge >= 0.3 is 6.18 Å². The van der Waals surface area contributed by atoms with Gasteiger partial charge in [-0.2, -0.15) is 13.2 Å². The van der Waals surface area contributed by atoms with Gasteiger partial charge in [-0.05, 0) is 34.7 Å². The van der Waals surface area contributed by atoms with Crippen molar-refractivity contribution in [3.8, 4) is 0 Å². The number of hydrogen-bond donors (Lipinski definition) is 1. The lowest BCUT2D eigenvalue weighted by Crippen LogP contribution is -2.23. The summed E-state index contributed by atoms with van der Waals surface area (Å²) >= 11 is 7.69. The fraction of sp³-hybridized carbons (Fsp3) is 0.167. The first kappa shape index (κ1) is 18.7. The Morgan fingerprint density at radius 2 is 2.21 bits per heavy atom. The van der Waals surface area contributed by atoms with Gasteiger partial charge in [0.25, 0.3) is 5.91 Å². The number of amides is 1. The Morgan fingerprint density at radius 3 is 2.86 bits per heavy atom. The molecule has 0 saturated carbocycles. The van der Waals surface area contributed by atoms with Crippen LogP contribution in [0.2, 0.25) is 5.15 Å². The standard InChI is InChI=1S/C18H12ClF3N4OS/c19-15-14(17(27)24-8-12-2-1-5-28-12)25-16-13(18(20,21)22)6-11(9-26(15)16)10-3-4-23-7-10/h1-6,9H,7-8H2,(H,24,27). The first-order chi connectivity index (χ1) is 13.3. The van der Waals surface area contributed by atoms with Gasteiger partial charge in [-0.3, -0.25) is 14.2 Å². The summed E-state index contributed by atoms with van der Waals surface area (Å²) in [6.07, 6.45) is -0.0420. The molecular formula is C18H12ClF3N4OS. The molecule has 1 N–H and O–H groups in total. The van der Waals surface area contributed by atoms with Crippen LogP contribution in [-0.2, 0) is 12.7 Å². The number of nitrogens with one attached hydrogen (secondary N) is 1. The lowest BCUT2D eigenvalue weighted by atomic mass is 10.1. The van der Waals surface area contributed by atoms with Gasteiger partial charge in [-0.15, -0.1) is 11.3 Å². The predicted octanol–water partition coefficient (Wildman–Crippen LogP) is 4.47. The Morgan fingerprint density at radius 1 is 1.39 bits per heavy atom. The second kappa shape index (κ2) is 7.06. The average molecular weight is 425 g/mol. The van der Waals surface area contributed by atoms with E-state index in [1.807, 2.05) is 17.5 Å². The fourth-order valence-corrected chi connectivity index (χ4v) is 3.75. The lowest BCUT2D eigenvalue weighted by molar-refractivity contribution is -0.136. The summed E-state index contributed by atoms with van der Waals surface area (Å²) in [6.45, 7) is 0.519. The van der Waals surface area contributed by atoms with Gasteiger partial charge < -0.3 is 5.32 Å². The fourth-order valence-electron chi connectivity index (χ4n) is 2.84. The minimum absolute atomic E-state index is 0.175. The van der Waals surface area contributed by atoms with Crippen LogP contribution >= 0.6 is 22.9 Å². The lowest BCUT2D eigenvalue weighted by Gasteiger charge is -2.11. The highest BCUT2D eigenvalue weighted by atomic mass is 35.5. The van der Waals surface area contributed by atoms with Gasteiger partial charge in [0.1, 0.15) is 5.15 Å². The third-order valence-electron chi connectivity index (χ3n) is 4.20. The Hall–Kier alpha value is -2.65. The molecule has 0 aromatic carbocycles. The third-order valence-corrected chi connectivity index (χ3v) is 5.44. The quantitative estimate of drug-likeness (QED) is 0.672. The Kier molecular flexibility index (Phi) is 4.72. The summed E-state index contributed by atoms with van der Waals surface area (Å²) in [5.74, 6) is -0.639. The van der Waals surface area contributed by atoms with Crippen LogP contribution in [0.15, 0.2) is 40.8 Å². The van der Waals surface area contributed by atoms with Gasteiger partial charge in [-0.1, -0.05) is 17.7 Å². The molecule has 1 amide bonds. The highest BCUT2D eigenvalue weighted by Crippen LogP contribution is 2.36. The van der Waals surface area contributed by atoms with Crippen molar-refractivity contribution in [2.75, 3.05) is 6.54 Å². The molecule has 10 heteroatoms. The number of thiophene rings is 1. The number of halogens is 4. The van der Waals surface area contributed by atoms with Crippen LogP contribution in [0, 0.1) is 0 Å². The molecular weight excluding hydrogens is 413 g/mol. The maximum Gasteiger partial charge on any atom is 0.420 e. The summed E-state index contributed by atoms with van der Waals surface area (Å²) in [4.78, 5) is 21.3. The van der Waals surface area contributed by atoms with Crippen molar-refractivity contribution < 1.29 is 18.0 Å². The van der Waals surface area contributed by atoms with E-state index in [4.69, 9.17) is 11.6 Å². The van der Waals surface area contributed by atoms with Crippen LogP contribution in [0.5, 0.6) is 0 Å². The summed E-state index contributed by atoms with van der Waals surface area (Å²) in [5.41, 5.74) is -0.681. The molecule has 144 valence electrons. The van der Waals surface area contributed by atoms with E-state index in [0.29, 0.717) is 11.1 Å². The van der Waals surface area contributed by atoms with E-state index in [1.54, 1.807) is 6.08 Å². The molecule has 1 aliphatic heterocycles. The highest BCUT2D eigenvalue weighted by molar-refractivity contribution is 7.09. The first-order valence-electron chi connectivity index (χ1n) is 8.13. The van der Waals surface area contributed by atoms with E-state index in [-0.39, 0.29) is 23.9 Å². The van der Waals surface area contributed by atoms with E-state index in [2.05, 4.69) is 15.3 Å². The van der Waals surface area contributed by atoms with Gasteiger partial charge in [0.05, 0.1) is 18.7 Å². The van der Waals surface area contributed by atoms with Crippen LogP contribution in [0.3, 0.4) is 0 Å². The molecule has 3 aromatic heterocycles. The van der Waals surface area contributed by atoms with Crippen molar-refractivity contribution >= 4 is 46.3 Å². The number of hydrogen-bond acceptors (Lipinski definition) is 4. The number of carbonyl (C=O) groups is 1. The number of imidazole rings is 1. The van der Waals surface area contributed by atoms with Crippen LogP contribution in [0.25, 0.3) is 11.2 Å². The van der Waals surface area contributed by atoms with Gasteiger partial charge in [0.2, 0.25) is 0 Å². The molecule has 4 rings (SSSR count). The zero-order valence-corrected chi connectivity index (χ0v) is 15.7. The second-order valence-corrected chi connectivity index (χ2v) is 7.42. The van der Waals surface area contributed by atoms with Crippen molar-refractivity contribution in [1.29, 1.82) is 0 Å². The number of allylic oxidation sites excluding steroid dienone is 1. The highest BCUT2D eigenvalue weighted by Gasteiger charge is 2.36. The molecule has 1 aliphatic rings. The van der Waals surface area contributed by atoms with Crippen LogP contribution in [0.4, 0.5) is 13.2 Å². The molecule has 4 heterocycles. The molecule has 0 aliphatic carbocycles. The molecule has 0 fully saturated rings. The molecule has 0 spiro atoms. The molecule has 0 radical (unpaired) electrons. The normalized spacial score (nSPS) is 13.9. The number of carbonyl (C=O) groups excluding carboxylic acids is 1. The number of pyridine rings is 1. The van der Waals surface area contributed by atoms with E-state index in [0.717, 1.165) is 15.3 Å². The molecule has 3 aromatic rings. The molecule has 0 saturated heterocycles. The first-order valence-corrected chi connectivity index (χ1v) is 9.39. The van der Waals surface area contributed by atoms with Crippen molar-refractivity contribution in [2.24, 2.45) is 4.99 Å². The monoisotopic (exact) mass is 424 g/mol. The minimum atomic E-state index is -4.66. The molecule has 0 bridgehead atoms. The number of fused-ring (bicyclic) bond motifs is 1. The number of aliphatic imine (C=N–C) groups is 1. The van der Waals surface area contributed by atoms with E-state index in [1.165, 1.54) is 23.7 Å². The predicted molar refractivity (Wildman–Crippen MR) is 102 cm³/mol. The maximum atomic E-state index is 13.6. The number of alkyl halides is 3. The smallest absolute Gasteiger partial charge is 0.346 e. The Balaban J connectivity index is 1.77. The number of nitrogens with zero attached hydrogens (tertiary/aromatic N) is 3. The largest absolute Gasteiger partial charge is 0.420 e. The van der Waals surface area contributed by atoms with Crippen LogP contribution < -0.4 is 5.32 Å². The zero-order chi connectivity index (χ0) is 19.9. The molecule has 0 unspecified atom stereocenters. The van der Waals surface area contributed by atoms with Gasteiger partial charge in [0.15, 0.2) is 11.3 Å². The maximum absolute atomic E-state index is 13.6. The van der Waals surface area contributed by atoms with Crippen LogP contribution in [0.1, 0.15) is 26.5 Å². The third kappa shape index (κ3) is 3.43. The van der Waals surface area contributed by atoms with Gasteiger partial charge in [0, 0.05) is 17.3 Å². The number of aromatic nitrogens is 2. The zero-order valence-electron chi connectivity index (χ0n) is 14.1. The SMILES string of the molecule is O=C(NCc1cccs1)c1nc2c(C(F)(F)F)cc(C3=CC=NC3)cn2c1Cl.